The van der Waals surface area contributed by atoms with E-state index < -0.39 is 9.84 Å². The Kier molecular flexibility index (Phi) is 7.43. The average molecular weight is 386 g/mol. The first-order chi connectivity index (χ1) is 11.9. The van der Waals surface area contributed by atoms with Crippen LogP contribution in [0.5, 0.6) is 5.75 Å². The van der Waals surface area contributed by atoms with Gasteiger partial charge in [-0.15, -0.1) is 11.8 Å². The summed E-state index contributed by atoms with van der Waals surface area (Å²) in [4.78, 5) is 5.32. The van der Waals surface area contributed by atoms with Gasteiger partial charge in [-0.25, -0.2) is 8.42 Å². The van der Waals surface area contributed by atoms with E-state index in [2.05, 4.69) is 28.6 Å². The number of ether oxygens (including phenoxy) is 1. The van der Waals surface area contributed by atoms with Crippen LogP contribution in [0.2, 0.25) is 0 Å². The van der Waals surface area contributed by atoms with Crippen molar-refractivity contribution in [2.24, 2.45) is 10.9 Å². The van der Waals surface area contributed by atoms with Gasteiger partial charge < -0.3 is 15.4 Å². The van der Waals surface area contributed by atoms with Crippen molar-refractivity contribution in [2.75, 3.05) is 38.0 Å². The van der Waals surface area contributed by atoms with Gasteiger partial charge in [0.15, 0.2) is 15.8 Å². The number of rotatable bonds is 7. The zero-order valence-electron chi connectivity index (χ0n) is 15.0. The first-order valence-corrected chi connectivity index (χ1v) is 11.2. The van der Waals surface area contributed by atoms with Crippen molar-refractivity contribution < 1.29 is 13.2 Å². The lowest BCUT2D eigenvalue weighted by Gasteiger charge is -2.19. The molecular formula is C17H27N3O3S2. The van der Waals surface area contributed by atoms with E-state index in [0.717, 1.165) is 22.9 Å². The van der Waals surface area contributed by atoms with Gasteiger partial charge in [0.25, 0.3) is 0 Å². The summed E-state index contributed by atoms with van der Waals surface area (Å²) >= 11 is 1.77. The Morgan fingerprint density at radius 3 is 2.84 bits per heavy atom. The highest BCUT2D eigenvalue weighted by Crippen LogP contribution is 2.29. The van der Waals surface area contributed by atoms with Gasteiger partial charge in [0.2, 0.25) is 0 Å². The van der Waals surface area contributed by atoms with Crippen LogP contribution >= 0.6 is 11.8 Å². The average Bonchev–Trinajstić information content (AvgIpc) is 2.95. The van der Waals surface area contributed by atoms with E-state index in [0.29, 0.717) is 18.3 Å². The Morgan fingerprint density at radius 1 is 1.44 bits per heavy atom. The van der Waals surface area contributed by atoms with Crippen LogP contribution in [0.4, 0.5) is 0 Å². The molecule has 8 heteroatoms. The van der Waals surface area contributed by atoms with Crippen LogP contribution in [0.1, 0.15) is 13.3 Å². The molecule has 25 heavy (non-hydrogen) atoms. The monoisotopic (exact) mass is 385 g/mol. The van der Waals surface area contributed by atoms with Gasteiger partial charge in [0.1, 0.15) is 5.75 Å². The maximum atomic E-state index is 11.5. The summed E-state index contributed by atoms with van der Waals surface area (Å²) in [5.74, 6) is 3.37. The van der Waals surface area contributed by atoms with E-state index in [9.17, 15) is 8.42 Å². The molecule has 2 atom stereocenters. The molecule has 1 fully saturated rings. The fourth-order valence-corrected chi connectivity index (χ4v) is 5.32. The highest BCUT2D eigenvalue weighted by molar-refractivity contribution is 7.99. The lowest BCUT2D eigenvalue weighted by molar-refractivity contribution is 0.405. The topological polar surface area (TPSA) is 79.8 Å². The molecule has 0 aromatic heterocycles. The molecule has 1 saturated heterocycles. The molecule has 0 bridgehead atoms. The summed E-state index contributed by atoms with van der Waals surface area (Å²) in [5.41, 5.74) is 0. The van der Waals surface area contributed by atoms with Crippen LogP contribution in [0.25, 0.3) is 0 Å². The molecular weight excluding hydrogens is 358 g/mol. The van der Waals surface area contributed by atoms with Crippen molar-refractivity contribution in [3.63, 3.8) is 0 Å². The number of hydrogen-bond donors (Lipinski definition) is 2. The van der Waals surface area contributed by atoms with Crippen LogP contribution in [-0.2, 0) is 9.84 Å². The Bertz CT molecular complexity index is 692. The summed E-state index contributed by atoms with van der Waals surface area (Å²) in [6, 6.07) is 7.95. The Labute approximate surface area is 154 Å². The smallest absolute Gasteiger partial charge is 0.191 e. The van der Waals surface area contributed by atoms with Gasteiger partial charge in [-0.05, 0) is 24.5 Å². The largest absolute Gasteiger partial charge is 0.496 e. The van der Waals surface area contributed by atoms with E-state index >= 15 is 0 Å². The fourth-order valence-electron chi connectivity index (χ4n) is 2.60. The number of nitrogens with zero attached hydrogens (tertiary/aromatic N) is 1. The lowest BCUT2D eigenvalue weighted by atomic mass is 10.2. The third-order valence-electron chi connectivity index (χ3n) is 4.01. The van der Waals surface area contributed by atoms with E-state index in [1.165, 1.54) is 0 Å². The third kappa shape index (κ3) is 6.43. The number of benzene rings is 1. The molecule has 0 amide bonds. The first-order valence-electron chi connectivity index (χ1n) is 8.37. The van der Waals surface area contributed by atoms with Crippen molar-refractivity contribution in [2.45, 2.75) is 24.3 Å². The van der Waals surface area contributed by atoms with Gasteiger partial charge in [-0.1, -0.05) is 19.1 Å². The molecule has 2 rings (SSSR count). The zero-order chi connectivity index (χ0) is 18.3. The molecule has 0 saturated carbocycles. The predicted molar refractivity (Wildman–Crippen MR) is 104 cm³/mol. The van der Waals surface area contributed by atoms with Crippen molar-refractivity contribution in [1.82, 2.24) is 10.6 Å². The molecule has 1 aromatic rings. The molecule has 140 valence electrons. The second-order valence-corrected chi connectivity index (χ2v) is 9.56. The minimum Gasteiger partial charge on any atom is -0.496 e. The summed E-state index contributed by atoms with van der Waals surface area (Å²) in [6.45, 7) is 2.93. The summed E-state index contributed by atoms with van der Waals surface area (Å²) < 4.78 is 28.4. The van der Waals surface area contributed by atoms with Crippen molar-refractivity contribution >= 4 is 27.6 Å². The van der Waals surface area contributed by atoms with E-state index in [1.807, 2.05) is 18.2 Å². The highest BCUT2D eigenvalue weighted by atomic mass is 32.2. The molecule has 6 nitrogen and oxygen atoms in total. The molecule has 2 unspecified atom stereocenters. The van der Waals surface area contributed by atoms with Crippen LogP contribution in [0.3, 0.4) is 0 Å². The minimum atomic E-state index is -2.89. The normalized spacial score (nSPS) is 20.9. The molecule has 2 N–H and O–H groups in total. The summed E-state index contributed by atoms with van der Waals surface area (Å²) in [6.07, 6.45) is 0.641. The summed E-state index contributed by atoms with van der Waals surface area (Å²) in [5, 5.41) is 6.49. The number of sulfone groups is 1. The fraction of sp³-hybridized carbons (Fsp3) is 0.588. The van der Waals surface area contributed by atoms with Crippen molar-refractivity contribution in [3.05, 3.63) is 24.3 Å². The van der Waals surface area contributed by atoms with Crippen LogP contribution < -0.4 is 15.4 Å². The molecule has 0 aliphatic carbocycles. The van der Waals surface area contributed by atoms with Crippen LogP contribution in [-0.4, -0.2) is 58.4 Å². The number of para-hydroxylation sites is 1. The van der Waals surface area contributed by atoms with Gasteiger partial charge in [-0.3, -0.25) is 4.99 Å². The van der Waals surface area contributed by atoms with E-state index in [1.54, 1.807) is 25.9 Å². The number of guanidine groups is 1. The number of aliphatic imine (C=N–C) groups is 1. The zero-order valence-corrected chi connectivity index (χ0v) is 16.6. The van der Waals surface area contributed by atoms with Crippen molar-refractivity contribution in [1.29, 1.82) is 0 Å². The maximum absolute atomic E-state index is 11.5. The van der Waals surface area contributed by atoms with Gasteiger partial charge in [0, 0.05) is 30.3 Å². The third-order valence-corrected chi connectivity index (χ3v) is 7.16. The SMILES string of the molecule is CN=C(NCC(C)CSc1ccccc1OC)NC1CCS(=O)(=O)C1. The number of methoxy groups -OCH3 is 1. The molecule has 0 spiro atoms. The lowest BCUT2D eigenvalue weighted by Crippen LogP contribution is -2.45. The molecule has 1 aromatic carbocycles. The second kappa shape index (κ2) is 9.33. The molecule has 1 heterocycles. The Hall–Kier alpha value is -1.41. The predicted octanol–water partition coefficient (Wildman–Crippen LogP) is 1.78. The minimum absolute atomic E-state index is 0.0468. The quantitative estimate of drug-likeness (QED) is 0.423. The van der Waals surface area contributed by atoms with Gasteiger partial charge in [0.05, 0.1) is 18.6 Å². The number of hydrogen-bond acceptors (Lipinski definition) is 5. The molecule has 0 radical (unpaired) electrons. The first kappa shape index (κ1) is 19.9. The second-order valence-electron chi connectivity index (χ2n) is 6.26. The van der Waals surface area contributed by atoms with E-state index in [-0.39, 0.29) is 17.5 Å². The number of nitrogens with one attached hydrogen (secondary N) is 2. The number of thioether (sulfide) groups is 1. The van der Waals surface area contributed by atoms with Crippen LogP contribution in [0, 0.1) is 5.92 Å². The van der Waals surface area contributed by atoms with Gasteiger partial charge in [-0.2, -0.15) is 0 Å². The summed E-state index contributed by atoms with van der Waals surface area (Å²) in [7, 11) is 0.498. The highest BCUT2D eigenvalue weighted by Gasteiger charge is 2.28. The Balaban J connectivity index is 1.75. The molecule has 1 aliphatic heterocycles. The van der Waals surface area contributed by atoms with E-state index in [4.69, 9.17) is 4.74 Å². The Morgan fingerprint density at radius 2 is 2.20 bits per heavy atom. The molecule has 1 aliphatic rings. The van der Waals surface area contributed by atoms with Crippen LogP contribution in [0.15, 0.2) is 34.2 Å². The van der Waals surface area contributed by atoms with Gasteiger partial charge >= 0.3 is 0 Å². The van der Waals surface area contributed by atoms with Crippen molar-refractivity contribution in [3.8, 4) is 5.75 Å². The standard InChI is InChI=1S/C17H27N3O3S2/c1-13(11-24-16-7-5-4-6-15(16)23-3)10-19-17(18-2)20-14-8-9-25(21,22)12-14/h4-7,13-14H,8-12H2,1-3H3,(H2,18,19,20). The maximum Gasteiger partial charge on any atom is 0.191 e.